The summed E-state index contributed by atoms with van der Waals surface area (Å²) >= 11 is 0. The molecule has 2 unspecified atom stereocenters. The van der Waals surface area contributed by atoms with Gasteiger partial charge in [-0.05, 0) is 63.2 Å². The fraction of sp³-hybridized carbons (Fsp3) is 0.692. The third-order valence-electron chi connectivity index (χ3n) is 8.54. The number of carbonyl (C=O) groups is 2. The van der Waals surface area contributed by atoms with Crippen LogP contribution in [-0.2, 0) is 14.9 Å². The van der Waals surface area contributed by atoms with Crippen LogP contribution in [0.5, 0.6) is 0 Å². The van der Waals surface area contributed by atoms with E-state index >= 15 is 0 Å². The van der Waals surface area contributed by atoms with E-state index in [1.165, 1.54) is 5.56 Å². The van der Waals surface area contributed by atoms with Crippen molar-refractivity contribution in [2.75, 3.05) is 59.0 Å². The van der Waals surface area contributed by atoms with Crippen molar-refractivity contribution in [3.05, 3.63) is 29.8 Å². The zero-order chi connectivity index (χ0) is 23.9. The van der Waals surface area contributed by atoms with E-state index in [0.29, 0.717) is 19.3 Å². The number of piperidine rings is 2. The van der Waals surface area contributed by atoms with Gasteiger partial charge < -0.3 is 24.2 Å². The molecule has 4 heterocycles. The number of anilines is 1. The van der Waals surface area contributed by atoms with Crippen molar-refractivity contribution in [3.63, 3.8) is 0 Å². The highest BCUT2D eigenvalue weighted by atomic mass is 16.6. The molecule has 0 saturated carbocycles. The van der Waals surface area contributed by atoms with Gasteiger partial charge in [0.2, 0.25) is 0 Å². The third-order valence-corrected chi connectivity index (χ3v) is 8.54. The number of rotatable bonds is 4. The molecule has 0 N–H and O–H groups in total. The van der Waals surface area contributed by atoms with Crippen LogP contribution in [0.1, 0.15) is 44.1 Å². The number of hydrogen-bond acceptors (Lipinski definition) is 5. The van der Waals surface area contributed by atoms with E-state index < -0.39 is 0 Å². The highest BCUT2D eigenvalue weighted by molar-refractivity contribution is 5.95. The lowest BCUT2D eigenvalue weighted by Gasteiger charge is -2.47. The first-order valence-corrected chi connectivity index (χ1v) is 12.7. The maximum absolute atomic E-state index is 12.9. The molecule has 4 aliphatic rings. The fourth-order valence-corrected chi connectivity index (χ4v) is 6.82. The number of para-hydroxylation sites is 1. The average molecular weight is 471 g/mol. The summed E-state index contributed by atoms with van der Waals surface area (Å²) in [7, 11) is 5.27. The quantitative estimate of drug-likeness (QED) is 0.632. The van der Waals surface area contributed by atoms with Crippen molar-refractivity contribution in [3.8, 4) is 0 Å². The zero-order valence-corrected chi connectivity index (χ0v) is 20.7. The summed E-state index contributed by atoms with van der Waals surface area (Å²) in [4.78, 5) is 33.8. The number of likely N-dealkylation sites (tertiary alicyclic amines) is 1. The molecule has 4 aliphatic heterocycles. The summed E-state index contributed by atoms with van der Waals surface area (Å²) in [6, 6.07) is 9.62. The summed E-state index contributed by atoms with van der Waals surface area (Å²) in [5.41, 5.74) is 2.45. The van der Waals surface area contributed by atoms with Gasteiger partial charge in [-0.25, -0.2) is 9.59 Å². The number of fused-ring (bicyclic) bond motifs is 4. The highest BCUT2D eigenvalue weighted by Gasteiger charge is 2.50. The molecule has 0 radical (unpaired) electrons. The van der Waals surface area contributed by atoms with E-state index in [0.717, 1.165) is 63.8 Å². The second-order valence-electron chi connectivity index (χ2n) is 10.6. The van der Waals surface area contributed by atoms with Crippen LogP contribution in [0.4, 0.5) is 15.3 Å². The van der Waals surface area contributed by atoms with Gasteiger partial charge in [0.25, 0.3) is 0 Å². The molecule has 3 amide bonds. The van der Waals surface area contributed by atoms with E-state index in [1.54, 1.807) is 12.0 Å². The van der Waals surface area contributed by atoms with Crippen molar-refractivity contribution in [1.29, 1.82) is 0 Å². The Labute approximate surface area is 202 Å². The molecule has 0 aliphatic carbocycles. The normalized spacial score (nSPS) is 27.7. The number of hydrogen-bond donors (Lipinski definition) is 0. The van der Waals surface area contributed by atoms with Gasteiger partial charge in [-0.2, -0.15) is 0 Å². The lowest BCUT2D eigenvalue weighted by molar-refractivity contribution is 0.0196. The summed E-state index contributed by atoms with van der Waals surface area (Å²) < 4.78 is 10.5. The summed E-state index contributed by atoms with van der Waals surface area (Å²) in [6.45, 7) is 3.61. The van der Waals surface area contributed by atoms with Crippen LogP contribution >= 0.6 is 0 Å². The Kier molecular flexibility index (Phi) is 6.46. The number of benzene rings is 1. The average Bonchev–Trinajstić information content (AvgIpc) is 3.30. The molecule has 8 nitrogen and oxygen atoms in total. The van der Waals surface area contributed by atoms with Crippen molar-refractivity contribution >= 4 is 17.8 Å². The number of ether oxygens (including phenoxy) is 2. The van der Waals surface area contributed by atoms with Gasteiger partial charge in [-0.15, -0.1) is 0 Å². The van der Waals surface area contributed by atoms with Gasteiger partial charge in [0.15, 0.2) is 0 Å². The van der Waals surface area contributed by atoms with Crippen molar-refractivity contribution < 1.29 is 19.1 Å². The minimum atomic E-state index is -0.172. The topological polar surface area (TPSA) is 65.6 Å². The molecule has 3 saturated heterocycles. The minimum absolute atomic E-state index is 0.0452. The molecule has 2 atom stereocenters. The smallest absolute Gasteiger partial charge is 0.410 e. The molecule has 1 spiro atoms. The lowest BCUT2D eigenvalue weighted by atomic mass is 9.73. The Morgan fingerprint density at radius 1 is 1.03 bits per heavy atom. The standard InChI is InChI=1S/C26H38N4O4/c1-27(2)24(31)29-18-26(22-6-4-5-7-23(22)29)10-12-28(13-11-26)21-16-19-8-9-20(17-21)30(19)25(32)34-15-14-33-3/h4-7,19-21H,8-18H2,1-3H3. The maximum Gasteiger partial charge on any atom is 0.410 e. The lowest BCUT2D eigenvalue weighted by Crippen LogP contribution is -2.55. The monoisotopic (exact) mass is 470 g/mol. The van der Waals surface area contributed by atoms with Crippen LogP contribution in [0.25, 0.3) is 0 Å². The Bertz CT molecular complexity index is 900. The maximum atomic E-state index is 12.9. The minimum Gasteiger partial charge on any atom is -0.447 e. The largest absolute Gasteiger partial charge is 0.447 e. The number of urea groups is 1. The molecule has 186 valence electrons. The van der Waals surface area contributed by atoms with E-state index in [2.05, 4.69) is 23.1 Å². The highest BCUT2D eigenvalue weighted by Crippen LogP contribution is 2.48. The molecule has 1 aromatic rings. The summed E-state index contributed by atoms with van der Waals surface area (Å²) in [5, 5.41) is 0. The number of carbonyl (C=O) groups excluding carboxylic acids is 2. The number of nitrogens with zero attached hydrogens (tertiary/aromatic N) is 4. The Balaban J connectivity index is 1.23. The van der Waals surface area contributed by atoms with Crippen molar-refractivity contribution in [2.45, 2.75) is 62.1 Å². The molecular weight excluding hydrogens is 432 g/mol. The molecule has 3 fully saturated rings. The predicted molar refractivity (Wildman–Crippen MR) is 130 cm³/mol. The van der Waals surface area contributed by atoms with E-state index in [4.69, 9.17) is 9.47 Å². The molecule has 8 heteroatoms. The number of methoxy groups -OCH3 is 1. The molecule has 1 aromatic carbocycles. The van der Waals surface area contributed by atoms with Crippen molar-refractivity contribution in [2.24, 2.45) is 0 Å². The Morgan fingerprint density at radius 2 is 1.71 bits per heavy atom. The van der Waals surface area contributed by atoms with Crippen LogP contribution in [0, 0.1) is 0 Å². The summed E-state index contributed by atoms with van der Waals surface area (Å²) in [6.07, 6.45) is 6.18. The summed E-state index contributed by atoms with van der Waals surface area (Å²) in [5.74, 6) is 0. The molecule has 34 heavy (non-hydrogen) atoms. The Hall–Kier alpha value is -2.32. The SMILES string of the molecule is COCCOC(=O)N1C2CCC1CC(N1CCC3(CC1)CN(C(=O)N(C)C)c1ccccc13)C2. The van der Waals surface area contributed by atoms with Gasteiger partial charge in [0, 0.05) is 57.0 Å². The predicted octanol–water partition coefficient (Wildman–Crippen LogP) is 3.30. The van der Waals surface area contributed by atoms with Crippen LogP contribution in [0.2, 0.25) is 0 Å². The van der Waals surface area contributed by atoms with Gasteiger partial charge in [0.1, 0.15) is 6.61 Å². The van der Waals surface area contributed by atoms with E-state index in [9.17, 15) is 9.59 Å². The first-order chi connectivity index (χ1) is 16.4. The van der Waals surface area contributed by atoms with Crippen LogP contribution in [-0.4, -0.2) is 99.0 Å². The first kappa shape index (κ1) is 23.4. The number of amides is 3. The first-order valence-electron chi connectivity index (χ1n) is 12.7. The molecular formula is C26H38N4O4. The van der Waals surface area contributed by atoms with Gasteiger partial charge in [0.05, 0.1) is 6.61 Å². The van der Waals surface area contributed by atoms with Crippen LogP contribution < -0.4 is 4.90 Å². The van der Waals surface area contributed by atoms with E-state index in [1.807, 2.05) is 30.0 Å². The van der Waals surface area contributed by atoms with Gasteiger partial charge in [-0.1, -0.05) is 18.2 Å². The van der Waals surface area contributed by atoms with E-state index in [-0.39, 0.29) is 29.6 Å². The second kappa shape index (κ2) is 9.38. The van der Waals surface area contributed by atoms with Crippen LogP contribution in [0.3, 0.4) is 0 Å². The zero-order valence-electron chi connectivity index (χ0n) is 20.7. The Morgan fingerprint density at radius 3 is 2.35 bits per heavy atom. The molecule has 0 aromatic heterocycles. The molecule has 5 rings (SSSR count). The third kappa shape index (κ3) is 4.05. The van der Waals surface area contributed by atoms with Crippen molar-refractivity contribution in [1.82, 2.24) is 14.7 Å². The second-order valence-corrected chi connectivity index (χ2v) is 10.6. The van der Waals surface area contributed by atoms with Gasteiger partial charge in [-0.3, -0.25) is 4.90 Å². The molecule has 2 bridgehead atoms. The van der Waals surface area contributed by atoms with Gasteiger partial charge >= 0.3 is 12.1 Å². The van der Waals surface area contributed by atoms with Crippen LogP contribution in [0.15, 0.2) is 24.3 Å². The fourth-order valence-electron chi connectivity index (χ4n) is 6.82.